The minimum atomic E-state index is -0.461. The van der Waals surface area contributed by atoms with Gasteiger partial charge in [0.2, 0.25) is 5.95 Å². The van der Waals surface area contributed by atoms with Crippen molar-refractivity contribution in [3.8, 4) is 17.1 Å². The number of nitrogens with zero attached hydrogens (tertiary/aromatic N) is 6. The highest BCUT2D eigenvalue weighted by molar-refractivity contribution is 6.00. The molecule has 9 heteroatoms. The Balaban J connectivity index is 1.34. The largest absolute Gasteiger partial charge is 0.462 e. The topological polar surface area (TPSA) is 59.3 Å². The molecule has 1 saturated heterocycles. The van der Waals surface area contributed by atoms with Crippen LogP contribution >= 0.6 is 0 Å². The van der Waals surface area contributed by atoms with Crippen LogP contribution in [0.25, 0.3) is 32.8 Å². The third kappa shape index (κ3) is 4.68. The van der Waals surface area contributed by atoms with Crippen molar-refractivity contribution in [1.82, 2.24) is 24.4 Å². The molecule has 4 heterocycles. The van der Waals surface area contributed by atoms with Crippen molar-refractivity contribution in [3.63, 3.8) is 0 Å². The van der Waals surface area contributed by atoms with Gasteiger partial charge >= 0.3 is 6.01 Å². The van der Waals surface area contributed by atoms with Crippen molar-refractivity contribution in [2.75, 3.05) is 25.1 Å². The molecule has 7 nitrogen and oxygen atoms in total. The van der Waals surface area contributed by atoms with Crippen molar-refractivity contribution in [2.45, 2.75) is 51.4 Å². The Morgan fingerprint density at radius 3 is 2.73 bits per heavy atom. The lowest BCUT2D eigenvalue weighted by Crippen LogP contribution is -2.42. The van der Waals surface area contributed by atoms with Gasteiger partial charge in [0.25, 0.3) is 0 Å². The predicted molar refractivity (Wildman–Crippen MR) is 156 cm³/mol. The highest BCUT2D eigenvalue weighted by Crippen LogP contribution is 2.36. The van der Waals surface area contributed by atoms with Crippen LogP contribution in [-0.2, 0) is 13.1 Å². The summed E-state index contributed by atoms with van der Waals surface area (Å²) >= 11 is 0. The van der Waals surface area contributed by atoms with Gasteiger partial charge in [-0.1, -0.05) is 42.8 Å². The molecule has 0 bridgehead atoms. The Morgan fingerprint density at radius 1 is 1.02 bits per heavy atom. The van der Waals surface area contributed by atoms with Gasteiger partial charge in [0.15, 0.2) is 0 Å². The maximum Gasteiger partial charge on any atom is 0.319 e. The summed E-state index contributed by atoms with van der Waals surface area (Å²) in [4.78, 5) is 18.1. The number of likely N-dealkylation sites (N-methyl/N-ethyl adjacent to an activating group) is 1. The van der Waals surface area contributed by atoms with Crippen LogP contribution in [0, 0.1) is 11.8 Å². The molecule has 0 spiro atoms. The molecule has 1 fully saturated rings. The number of aromatic nitrogens is 4. The van der Waals surface area contributed by atoms with E-state index in [-0.39, 0.29) is 11.9 Å². The summed E-state index contributed by atoms with van der Waals surface area (Å²) in [6, 6.07) is 17.5. The normalized spacial score (nSPS) is 19.6. The first-order chi connectivity index (χ1) is 20.0. The van der Waals surface area contributed by atoms with Gasteiger partial charge in [-0.05, 0) is 68.1 Å². The molecule has 5 aromatic rings. The highest BCUT2D eigenvalue weighted by Gasteiger charge is 2.29. The molecule has 0 saturated carbocycles. The zero-order valence-corrected chi connectivity index (χ0v) is 23.2. The van der Waals surface area contributed by atoms with Gasteiger partial charge in [0, 0.05) is 29.4 Å². The average Bonchev–Trinajstić information content (AvgIpc) is 3.34. The van der Waals surface area contributed by atoms with Gasteiger partial charge in [0.1, 0.15) is 18.2 Å². The number of imidazole rings is 1. The molecular weight excluding hydrogens is 522 g/mol. The summed E-state index contributed by atoms with van der Waals surface area (Å²) < 4.78 is 37.7. The number of piperidine rings is 1. The predicted octanol–water partition coefficient (Wildman–Crippen LogP) is 6.20. The fraction of sp³-hybridized carbons (Fsp3) is 0.344. The lowest BCUT2D eigenvalue weighted by atomic mass is 9.97. The van der Waals surface area contributed by atoms with Crippen molar-refractivity contribution in [2.24, 2.45) is 0 Å². The molecule has 2 aliphatic rings. The molecule has 2 aliphatic heterocycles. The van der Waals surface area contributed by atoms with E-state index in [0.29, 0.717) is 54.2 Å². The Labute approximate surface area is 237 Å². The van der Waals surface area contributed by atoms with E-state index in [2.05, 4.69) is 28.8 Å². The van der Waals surface area contributed by atoms with Gasteiger partial charge < -0.3 is 19.1 Å². The van der Waals surface area contributed by atoms with Crippen LogP contribution in [0.5, 0.6) is 6.01 Å². The first-order valence-corrected chi connectivity index (χ1v) is 14.2. The van der Waals surface area contributed by atoms with Crippen LogP contribution in [0.3, 0.4) is 0 Å². The van der Waals surface area contributed by atoms with Crippen LogP contribution in [0.2, 0.25) is 0 Å². The third-order valence-corrected chi connectivity index (χ3v) is 8.63. The Kier molecular flexibility index (Phi) is 6.54. The molecule has 2 aromatic heterocycles. The van der Waals surface area contributed by atoms with Crippen molar-refractivity contribution < 1.29 is 13.5 Å². The second-order valence-corrected chi connectivity index (χ2v) is 11.3. The third-order valence-electron chi connectivity index (χ3n) is 8.63. The highest BCUT2D eigenvalue weighted by atomic mass is 19.1. The number of fused-ring (bicyclic) bond motifs is 3. The lowest BCUT2D eigenvalue weighted by Gasteiger charge is -2.36. The summed E-state index contributed by atoms with van der Waals surface area (Å²) in [6.45, 7) is 4.56. The maximum absolute atomic E-state index is 15.0. The van der Waals surface area contributed by atoms with Gasteiger partial charge in [0.05, 0.1) is 24.1 Å². The van der Waals surface area contributed by atoms with E-state index in [0.717, 1.165) is 34.9 Å². The standard InChI is InChI=1S/C32H32F2N6O/c1-20-16-39-19-35-30(34)28(39)17-40(20)31-25-13-12-22(24-10-5-7-21-8-6-11-26(33)29(21)24)15-27(25)36-32(37-31)41-18-23-9-3-4-14-38(23)2/h5-8,10-13,15,19-20,23H,3-4,9,14,16-18H2,1-2H3/t20-,23+/m1/s1. The van der Waals surface area contributed by atoms with E-state index in [4.69, 9.17) is 14.7 Å². The number of hydrogen-bond acceptors (Lipinski definition) is 6. The summed E-state index contributed by atoms with van der Waals surface area (Å²) in [5.41, 5.74) is 2.88. The van der Waals surface area contributed by atoms with Gasteiger partial charge in [-0.25, -0.2) is 9.37 Å². The summed E-state index contributed by atoms with van der Waals surface area (Å²) in [7, 11) is 2.13. The summed E-state index contributed by atoms with van der Waals surface area (Å²) in [5, 5.41) is 2.25. The van der Waals surface area contributed by atoms with E-state index in [1.165, 1.54) is 18.9 Å². The first kappa shape index (κ1) is 25.8. The van der Waals surface area contributed by atoms with Crippen molar-refractivity contribution in [3.05, 3.63) is 78.4 Å². The number of likely N-dealkylation sites (tertiary alicyclic amines) is 1. The minimum Gasteiger partial charge on any atom is -0.462 e. The SMILES string of the molecule is C[C@@H]1Cn2cnc(F)c2CN1c1nc(OC[C@@H]2CCCCN2C)nc2cc(-c3cccc4cccc(F)c34)ccc12. The molecule has 3 aromatic carbocycles. The lowest BCUT2D eigenvalue weighted by molar-refractivity contribution is 0.120. The second kappa shape index (κ2) is 10.4. The number of ether oxygens (including phenoxy) is 1. The molecule has 0 N–H and O–H groups in total. The molecule has 0 unspecified atom stereocenters. The van der Waals surface area contributed by atoms with E-state index in [1.807, 2.05) is 47.0 Å². The number of anilines is 1. The Bertz CT molecular complexity index is 1750. The van der Waals surface area contributed by atoms with Gasteiger partial charge in [-0.2, -0.15) is 14.4 Å². The zero-order chi connectivity index (χ0) is 28.1. The fourth-order valence-corrected chi connectivity index (χ4v) is 6.28. The monoisotopic (exact) mass is 554 g/mol. The molecule has 41 heavy (non-hydrogen) atoms. The average molecular weight is 555 g/mol. The Hall–Kier alpha value is -4.11. The Morgan fingerprint density at radius 2 is 1.88 bits per heavy atom. The fourth-order valence-electron chi connectivity index (χ4n) is 6.28. The molecular formula is C32H32F2N6O. The zero-order valence-electron chi connectivity index (χ0n) is 23.2. The molecule has 7 rings (SSSR count). The van der Waals surface area contributed by atoms with Crippen LogP contribution < -0.4 is 9.64 Å². The van der Waals surface area contributed by atoms with E-state index < -0.39 is 5.95 Å². The summed E-state index contributed by atoms with van der Waals surface area (Å²) in [6.07, 6.45) is 5.00. The molecule has 0 radical (unpaired) electrons. The minimum absolute atomic E-state index is 0.0402. The molecule has 0 aliphatic carbocycles. The number of hydrogen-bond donors (Lipinski definition) is 0. The number of rotatable bonds is 5. The number of benzene rings is 3. The van der Waals surface area contributed by atoms with E-state index >= 15 is 4.39 Å². The van der Waals surface area contributed by atoms with Crippen LogP contribution in [-0.4, -0.2) is 56.7 Å². The van der Waals surface area contributed by atoms with Gasteiger partial charge in [-0.3, -0.25) is 0 Å². The first-order valence-electron chi connectivity index (χ1n) is 14.2. The smallest absolute Gasteiger partial charge is 0.319 e. The molecule has 0 amide bonds. The maximum atomic E-state index is 15.0. The summed E-state index contributed by atoms with van der Waals surface area (Å²) in [5.74, 6) is -0.0303. The van der Waals surface area contributed by atoms with E-state index in [1.54, 1.807) is 12.4 Å². The van der Waals surface area contributed by atoms with Crippen molar-refractivity contribution in [1.29, 1.82) is 0 Å². The van der Waals surface area contributed by atoms with Crippen LogP contribution in [0.1, 0.15) is 31.9 Å². The van der Waals surface area contributed by atoms with E-state index in [9.17, 15) is 4.39 Å². The van der Waals surface area contributed by atoms with Gasteiger partial charge in [-0.15, -0.1) is 0 Å². The second-order valence-electron chi connectivity index (χ2n) is 11.3. The van der Waals surface area contributed by atoms with Crippen LogP contribution in [0.15, 0.2) is 60.9 Å². The van der Waals surface area contributed by atoms with Crippen LogP contribution in [0.4, 0.5) is 14.6 Å². The molecule has 2 atom stereocenters. The quantitative estimate of drug-likeness (QED) is 0.258. The molecule has 210 valence electrons. The number of halogens is 2. The van der Waals surface area contributed by atoms with Crippen molar-refractivity contribution >= 4 is 27.5 Å².